The Morgan fingerprint density at radius 1 is 1.40 bits per heavy atom. The standard InChI is InChI=1S/C12H13FO2/c13-10-5-3-4-9(8-10)12(14)11-6-1-2-7-15-11/h3-6,8,12,14H,1-2,7H2. The lowest BCUT2D eigenvalue weighted by molar-refractivity contribution is 0.0916. The molecule has 80 valence electrons. The Morgan fingerprint density at radius 3 is 2.93 bits per heavy atom. The number of hydrogen-bond acceptors (Lipinski definition) is 2. The maximum absolute atomic E-state index is 12.9. The molecule has 0 aromatic heterocycles. The molecule has 1 N–H and O–H groups in total. The molecule has 1 unspecified atom stereocenters. The second kappa shape index (κ2) is 4.45. The molecule has 1 aliphatic rings. The van der Waals surface area contributed by atoms with E-state index in [9.17, 15) is 9.50 Å². The van der Waals surface area contributed by atoms with Crippen molar-refractivity contribution < 1.29 is 14.2 Å². The zero-order valence-corrected chi connectivity index (χ0v) is 8.32. The van der Waals surface area contributed by atoms with E-state index in [-0.39, 0.29) is 5.82 Å². The molecule has 0 bridgehead atoms. The molecular formula is C12H13FO2. The summed E-state index contributed by atoms with van der Waals surface area (Å²) in [5, 5.41) is 9.91. The van der Waals surface area contributed by atoms with Gasteiger partial charge in [0, 0.05) is 0 Å². The number of allylic oxidation sites excluding steroid dienone is 1. The highest BCUT2D eigenvalue weighted by Crippen LogP contribution is 2.25. The van der Waals surface area contributed by atoms with Crippen LogP contribution in [0.3, 0.4) is 0 Å². The molecule has 15 heavy (non-hydrogen) atoms. The first kappa shape index (κ1) is 10.2. The van der Waals surface area contributed by atoms with Crippen LogP contribution in [0.1, 0.15) is 24.5 Å². The van der Waals surface area contributed by atoms with E-state index in [2.05, 4.69) is 0 Å². The van der Waals surface area contributed by atoms with Gasteiger partial charge in [0.15, 0.2) is 0 Å². The third-order valence-electron chi connectivity index (χ3n) is 2.40. The smallest absolute Gasteiger partial charge is 0.136 e. The van der Waals surface area contributed by atoms with Crippen LogP contribution >= 0.6 is 0 Å². The molecule has 1 heterocycles. The van der Waals surface area contributed by atoms with Crippen molar-refractivity contribution in [2.45, 2.75) is 18.9 Å². The van der Waals surface area contributed by atoms with Crippen LogP contribution in [-0.2, 0) is 4.74 Å². The van der Waals surface area contributed by atoms with Gasteiger partial charge in [-0.05, 0) is 36.6 Å². The molecule has 0 amide bonds. The van der Waals surface area contributed by atoms with E-state index >= 15 is 0 Å². The Labute approximate surface area is 88.0 Å². The fraction of sp³-hybridized carbons (Fsp3) is 0.333. The lowest BCUT2D eigenvalue weighted by Gasteiger charge is -2.19. The van der Waals surface area contributed by atoms with Gasteiger partial charge in [-0.2, -0.15) is 0 Å². The topological polar surface area (TPSA) is 29.5 Å². The Kier molecular flexibility index (Phi) is 3.02. The first-order valence-electron chi connectivity index (χ1n) is 5.04. The van der Waals surface area contributed by atoms with Crippen molar-refractivity contribution in [3.05, 3.63) is 47.5 Å². The predicted molar refractivity (Wildman–Crippen MR) is 54.6 cm³/mol. The number of ether oxygens (including phenoxy) is 1. The normalized spacial score (nSPS) is 17.9. The van der Waals surface area contributed by atoms with Crippen molar-refractivity contribution >= 4 is 0 Å². The first-order chi connectivity index (χ1) is 7.27. The fourth-order valence-electron chi connectivity index (χ4n) is 1.61. The summed E-state index contributed by atoms with van der Waals surface area (Å²) in [5.41, 5.74) is 0.531. The van der Waals surface area contributed by atoms with E-state index in [1.807, 2.05) is 6.08 Å². The van der Waals surface area contributed by atoms with Crippen LogP contribution in [0.2, 0.25) is 0 Å². The fourth-order valence-corrected chi connectivity index (χ4v) is 1.61. The average Bonchev–Trinajstić information content (AvgIpc) is 2.29. The van der Waals surface area contributed by atoms with Gasteiger partial charge in [0.1, 0.15) is 17.7 Å². The van der Waals surface area contributed by atoms with Gasteiger partial charge in [0.25, 0.3) is 0 Å². The number of rotatable bonds is 2. The maximum atomic E-state index is 12.9. The number of aliphatic hydroxyl groups is 1. The van der Waals surface area contributed by atoms with Crippen LogP contribution in [-0.4, -0.2) is 11.7 Å². The second-order valence-corrected chi connectivity index (χ2v) is 3.55. The Balaban J connectivity index is 2.19. The molecule has 0 radical (unpaired) electrons. The van der Waals surface area contributed by atoms with Gasteiger partial charge >= 0.3 is 0 Å². The van der Waals surface area contributed by atoms with Crippen molar-refractivity contribution in [3.8, 4) is 0 Å². The Morgan fingerprint density at radius 2 is 2.27 bits per heavy atom. The third kappa shape index (κ3) is 2.36. The summed E-state index contributed by atoms with van der Waals surface area (Å²) < 4.78 is 18.2. The molecule has 3 heteroatoms. The molecule has 2 nitrogen and oxygen atoms in total. The number of halogens is 1. The maximum Gasteiger partial charge on any atom is 0.136 e. The Bertz CT molecular complexity index is 374. The molecule has 0 fully saturated rings. The van der Waals surface area contributed by atoms with Crippen LogP contribution in [0.4, 0.5) is 4.39 Å². The minimum Gasteiger partial charge on any atom is -0.495 e. The summed E-state index contributed by atoms with van der Waals surface area (Å²) in [6.45, 7) is 0.623. The largest absolute Gasteiger partial charge is 0.495 e. The summed E-state index contributed by atoms with van der Waals surface area (Å²) in [7, 11) is 0. The van der Waals surface area contributed by atoms with Crippen LogP contribution in [0.5, 0.6) is 0 Å². The zero-order valence-electron chi connectivity index (χ0n) is 8.32. The van der Waals surface area contributed by atoms with Gasteiger partial charge < -0.3 is 9.84 Å². The van der Waals surface area contributed by atoms with Crippen molar-refractivity contribution in [1.82, 2.24) is 0 Å². The molecule has 0 spiro atoms. The Hall–Kier alpha value is -1.35. The van der Waals surface area contributed by atoms with Gasteiger partial charge in [-0.3, -0.25) is 0 Å². The molecule has 1 aliphatic heterocycles. The molecule has 0 saturated heterocycles. The van der Waals surface area contributed by atoms with E-state index < -0.39 is 6.10 Å². The van der Waals surface area contributed by atoms with E-state index in [1.165, 1.54) is 12.1 Å². The number of aliphatic hydroxyl groups excluding tert-OH is 1. The van der Waals surface area contributed by atoms with Crippen molar-refractivity contribution in [2.24, 2.45) is 0 Å². The van der Waals surface area contributed by atoms with Crippen LogP contribution < -0.4 is 0 Å². The molecule has 0 saturated carbocycles. The molecule has 2 rings (SSSR count). The van der Waals surface area contributed by atoms with Gasteiger partial charge in [0.05, 0.1) is 6.61 Å². The highest BCUT2D eigenvalue weighted by atomic mass is 19.1. The summed E-state index contributed by atoms with van der Waals surface area (Å²) in [6, 6.07) is 5.94. The molecule has 1 aromatic rings. The average molecular weight is 208 g/mol. The van der Waals surface area contributed by atoms with E-state index in [1.54, 1.807) is 12.1 Å². The second-order valence-electron chi connectivity index (χ2n) is 3.55. The summed E-state index contributed by atoms with van der Waals surface area (Å²) in [4.78, 5) is 0. The highest BCUT2D eigenvalue weighted by Gasteiger charge is 2.17. The zero-order chi connectivity index (χ0) is 10.7. The molecular weight excluding hydrogens is 195 g/mol. The van der Waals surface area contributed by atoms with E-state index in [0.29, 0.717) is 17.9 Å². The molecule has 1 atom stereocenters. The molecule has 0 aliphatic carbocycles. The molecule has 1 aromatic carbocycles. The minimum absolute atomic E-state index is 0.344. The number of benzene rings is 1. The lowest BCUT2D eigenvalue weighted by atomic mass is 10.1. The van der Waals surface area contributed by atoms with Gasteiger partial charge in [-0.15, -0.1) is 0 Å². The van der Waals surface area contributed by atoms with Crippen molar-refractivity contribution in [3.63, 3.8) is 0 Å². The van der Waals surface area contributed by atoms with Crippen LogP contribution in [0.15, 0.2) is 36.1 Å². The third-order valence-corrected chi connectivity index (χ3v) is 2.40. The summed E-state index contributed by atoms with van der Waals surface area (Å²) in [5.74, 6) is 0.190. The van der Waals surface area contributed by atoms with Gasteiger partial charge in [-0.25, -0.2) is 4.39 Å². The van der Waals surface area contributed by atoms with Crippen LogP contribution in [0, 0.1) is 5.82 Å². The quantitative estimate of drug-likeness (QED) is 0.809. The number of hydrogen-bond donors (Lipinski definition) is 1. The van der Waals surface area contributed by atoms with E-state index in [4.69, 9.17) is 4.74 Å². The highest BCUT2D eigenvalue weighted by molar-refractivity contribution is 5.24. The van der Waals surface area contributed by atoms with Crippen molar-refractivity contribution in [2.75, 3.05) is 6.61 Å². The van der Waals surface area contributed by atoms with Gasteiger partial charge in [0.2, 0.25) is 0 Å². The minimum atomic E-state index is -0.846. The lowest BCUT2D eigenvalue weighted by Crippen LogP contribution is -2.09. The monoisotopic (exact) mass is 208 g/mol. The first-order valence-corrected chi connectivity index (χ1v) is 5.04. The summed E-state index contributed by atoms with van der Waals surface area (Å²) in [6.07, 6.45) is 2.89. The van der Waals surface area contributed by atoms with Crippen molar-refractivity contribution in [1.29, 1.82) is 0 Å². The van der Waals surface area contributed by atoms with Crippen LogP contribution in [0.25, 0.3) is 0 Å². The van der Waals surface area contributed by atoms with Gasteiger partial charge in [-0.1, -0.05) is 12.1 Å². The SMILES string of the molecule is OC(C1=CCCCO1)c1cccc(F)c1. The predicted octanol–water partition coefficient (Wildman–Crippen LogP) is 2.55. The summed E-state index contributed by atoms with van der Waals surface area (Å²) >= 11 is 0. The van der Waals surface area contributed by atoms with E-state index in [0.717, 1.165) is 12.8 Å².